The number of carbonyl (C=O) groups excluding carboxylic acids is 1. The topological polar surface area (TPSA) is 20.3 Å². The standard InChI is InChI=1S/C14H20BrNO/c1-10-6-8-12(9-7-10)11(2)16(5)13(17)14(3,4)15/h6-9,11H,1-5H3. The van der Waals surface area contributed by atoms with Gasteiger partial charge in [-0.2, -0.15) is 0 Å². The second kappa shape index (κ2) is 5.21. The van der Waals surface area contributed by atoms with Crippen molar-refractivity contribution < 1.29 is 4.79 Å². The van der Waals surface area contributed by atoms with Crippen LogP contribution in [0.1, 0.15) is 37.9 Å². The van der Waals surface area contributed by atoms with E-state index in [2.05, 4.69) is 47.1 Å². The molecule has 0 bridgehead atoms. The van der Waals surface area contributed by atoms with Gasteiger partial charge in [-0.05, 0) is 33.3 Å². The molecule has 0 N–H and O–H groups in total. The quantitative estimate of drug-likeness (QED) is 0.779. The van der Waals surface area contributed by atoms with Crippen molar-refractivity contribution in [2.75, 3.05) is 7.05 Å². The number of amides is 1. The zero-order valence-electron chi connectivity index (χ0n) is 11.1. The van der Waals surface area contributed by atoms with E-state index in [0.717, 1.165) is 5.56 Å². The third kappa shape index (κ3) is 3.56. The van der Waals surface area contributed by atoms with Crippen molar-refractivity contribution in [3.05, 3.63) is 35.4 Å². The number of halogens is 1. The number of hydrogen-bond acceptors (Lipinski definition) is 1. The Kier molecular flexibility index (Phi) is 4.36. The molecule has 1 atom stereocenters. The van der Waals surface area contributed by atoms with Gasteiger partial charge in [-0.15, -0.1) is 0 Å². The number of alkyl halides is 1. The molecule has 0 aliphatic carbocycles. The van der Waals surface area contributed by atoms with Gasteiger partial charge in [0.15, 0.2) is 0 Å². The van der Waals surface area contributed by atoms with E-state index in [1.165, 1.54) is 5.56 Å². The Morgan fingerprint density at radius 2 is 1.76 bits per heavy atom. The Labute approximate surface area is 112 Å². The Hall–Kier alpha value is -0.830. The van der Waals surface area contributed by atoms with Crippen LogP contribution in [-0.2, 0) is 4.79 Å². The van der Waals surface area contributed by atoms with Crippen LogP contribution >= 0.6 is 15.9 Å². The highest BCUT2D eigenvalue weighted by atomic mass is 79.9. The zero-order valence-corrected chi connectivity index (χ0v) is 12.7. The van der Waals surface area contributed by atoms with Crippen molar-refractivity contribution in [2.24, 2.45) is 0 Å². The van der Waals surface area contributed by atoms with Gasteiger partial charge in [0.1, 0.15) is 0 Å². The molecule has 0 aliphatic rings. The first-order chi connectivity index (χ1) is 7.73. The molecule has 17 heavy (non-hydrogen) atoms. The third-order valence-corrected chi connectivity index (χ3v) is 3.31. The molecular formula is C14H20BrNO. The molecule has 1 unspecified atom stereocenters. The minimum absolute atomic E-state index is 0.0833. The summed E-state index contributed by atoms with van der Waals surface area (Å²) in [6.45, 7) is 7.84. The Morgan fingerprint density at radius 3 is 2.18 bits per heavy atom. The van der Waals surface area contributed by atoms with Crippen molar-refractivity contribution in [3.8, 4) is 0 Å². The van der Waals surface area contributed by atoms with Crippen LogP contribution < -0.4 is 0 Å². The Morgan fingerprint density at radius 1 is 1.29 bits per heavy atom. The lowest BCUT2D eigenvalue weighted by Crippen LogP contribution is -2.40. The molecule has 2 nitrogen and oxygen atoms in total. The highest BCUT2D eigenvalue weighted by Crippen LogP contribution is 2.25. The predicted molar refractivity (Wildman–Crippen MR) is 75.4 cm³/mol. The molecule has 0 aromatic heterocycles. The van der Waals surface area contributed by atoms with Gasteiger partial charge in [-0.3, -0.25) is 4.79 Å². The maximum atomic E-state index is 12.1. The smallest absolute Gasteiger partial charge is 0.239 e. The van der Waals surface area contributed by atoms with E-state index < -0.39 is 4.32 Å². The van der Waals surface area contributed by atoms with E-state index in [1.54, 1.807) is 4.90 Å². The maximum Gasteiger partial charge on any atom is 0.239 e. The van der Waals surface area contributed by atoms with Crippen molar-refractivity contribution in [1.29, 1.82) is 0 Å². The zero-order chi connectivity index (χ0) is 13.2. The summed E-state index contributed by atoms with van der Waals surface area (Å²) in [6.07, 6.45) is 0. The Bertz CT molecular complexity index is 392. The second-order valence-corrected chi connectivity index (χ2v) is 6.96. The van der Waals surface area contributed by atoms with Crippen LogP contribution in [0.25, 0.3) is 0 Å². The monoisotopic (exact) mass is 297 g/mol. The highest BCUT2D eigenvalue weighted by molar-refractivity contribution is 9.10. The fourth-order valence-electron chi connectivity index (χ4n) is 1.66. The fourth-order valence-corrected chi connectivity index (χ4v) is 1.94. The lowest BCUT2D eigenvalue weighted by molar-refractivity contribution is -0.133. The largest absolute Gasteiger partial charge is 0.338 e. The molecule has 94 valence electrons. The first-order valence-corrected chi connectivity index (χ1v) is 6.55. The molecule has 3 heteroatoms. The minimum Gasteiger partial charge on any atom is -0.338 e. The molecule has 0 spiro atoms. The van der Waals surface area contributed by atoms with Gasteiger partial charge >= 0.3 is 0 Å². The summed E-state index contributed by atoms with van der Waals surface area (Å²) in [4.78, 5) is 13.9. The summed E-state index contributed by atoms with van der Waals surface area (Å²) < 4.78 is -0.513. The summed E-state index contributed by atoms with van der Waals surface area (Å²) in [7, 11) is 1.84. The SMILES string of the molecule is Cc1ccc(C(C)N(C)C(=O)C(C)(C)Br)cc1. The summed E-state index contributed by atoms with van der Waals surface area (Å²) in [5, 5.41) is 0. The third-order valence-electron chi connectivity index (χ3n) is 2.97. The number of benzene rings is 1. The van der Waals surface area contributed by atoms with Crippen molar-refractivity contribution in [2.45, 2.75) is 38.1 Å². The normalized spacial score (nSPS) is 13.3. The Balaban J connectivity index is 2.87. The molecule has 0 saturated carbocycles. The average molecular weight is 298 g/mol. The summed E-state index contributed by atoms with van der Waals surface area (Å²) in [5.74, 6) is 0.0885. The lowest BCUT2D eigenvalue weighted by atomic mass is 10.0. The van der Waals surface area contributed by atoms with Crippen molar-refractivity contribution in [1.82, 2.24) is 4.90 Å². The van der Waals surface area contributed by atoms with Crippen LogP contribution in [0.3, 0.4) is 0 Å². The van der Waals surface area contributed by atoms with Gasteiger partial charge in [-0.25, -0.2) is 0 Å². The summed E-state index contributed by atoms with van der Waals surface area (Å²) >= 11 is 3.41. The first-order valence-electron chi connectivity index (χ1n) is 5.76. The predicted octanol–water partition coefficient (Wildman–Crippen LogP) is 3.69. The van der Waals surface area contributed by atoms with Crippen molar-refractivity contribution in [3.63, 3.8) is 0 Å². The van der Waals surface area contributed by atoms with Gasteiger partial charge < -0.3 is 4.90 Å². The van der Waals surface area contributed by atoms with Crippen LogP contribution in [0.2, 0.25) is 0 Å². The van der Waals surface area contributed by atoms with Crippen LogP contribution in [0.5, 0.6) is 0 Å². The molecule has 1 aromatic rings. The van der Waals surface area contributed by atoms with E-state index in [0.29, 0.717) is 0 Å². The number of nitrogens with zero attached hydrogens (tertiary/aromatic N) is 1. The number of aryl methyl sites for hydroxylation is 1. The van der Waals surface area contributed by atoms with Gasteiger partial charge in [0.05, 0.1) is 10.4 Å². The van der Waals surface area contributed by atoms with Crippen LogP contribution in [0.15, 0.2) is 24.3 Å². The molecular weight excluding hydrogens is 278 g/mol. The minimum atomic E-state index is -0.513. The molecule has 0 fully saturated rings. The fraction of sp³-hybridized carbons (Fsp3) is 0.500. The molecule has 1 rings (SSSR count). The van der Waals surface area contributed by atoms with Crippen LogP contribution in [0.4, 0.5) is 0 Å². The van der Waals surface area contributed by atoms with Crippen LogP contribution in [0, 0.1) is 6.92 Å². The van der Waals surface area contributed by atoms with E-state index in [1.807, 2.05) is 27.8 Å². The highest BCUT2D eigenvalue weighted by Gasteiger charge is 2.29. The maximum absolute atomic E-state index is 12.1. The molecule has 0 aliphatic heterocycles. The van der Waals surface area contributed by atoms with Gasteiger partial charge in [-0.1, -0.05) is 45.8 Å². The summed E-state index contributed by atoms with van der Waals surface area (Å²) in [6, 6.07) is 8.38. The number of hydrogen-bond donors (Lipinski definition) is 0. The van der Waals surface area contributed by atoms with Gasteiger partial charge in [0.2, 0.25) is 5.91 Å². The van der Waals surface area contributed by atoms with Crippen LogP contribution in [-0.4, -0.2) is 22.2 Å². The van der Waals surface area contributed by atoms with E-state index in [-0.39, 0.29) is 11.9 Å². The number of carbonyl (C=O) groups is 1. The average Bonchev–Trinajstić information content (AvgIpc) is 2.26. The molecule has 0 saturated heterocycles. The molecule has 1 amide bonds. The van der Waals surface area contributed by atoms with E-state index in [4.69, 9.17) is 0 Å². The molecule has 0 heterocycles. The molecule has 0 radical (unpaired) electrons. The van der Waals surface area contributed by atoms with Gasteiger partial charge in [0, 0.05) is 7.05 Å². The van der Waals surface area contributed by atoms with E-state index in [9.17, 15) is 4.79 Å². The van der Waals surface area contributed by atoms with E-state index >= 15 is 0 Å². The molecule has 1 aromatic carbocycles. The summed E-state index contributed by atoms with van der Waals surface area (Å²) in [5.41, 5.74) is 2.39. The van der Waals surface area contributed by atoms with Crippen molar-refractivity contribution >= 4 is 21.8 Å². The number of rotatable bonds is 3. The van der Waals surface area contributed by atoms with Gasteiger partial charge in [0.25, 0.3) is 0 Å². The lowest BCUT2D eigenvalue weighted by Gasteiger charge is -2.30. The first kappa shape index (κ1) is 14.2. The second-order valence-electron chi connectivity index (χ2n) is 4.98.